The first kappa shape index (κ1) is 13.0. The lowest BCUT2D eigenvalue weighted by Crippen LogP contribution is -2.35. The molecule has 3 heteroatoms. The van der Waals surface area contributed by atoms with Crippen LogP contribution in [0.2, 0.25) is 0 Å². The second kappa shape index (κ2) is 4.82. The fourth-order valence-corrected chi connectivity index (χ4v) is 2.99. The first-order valence-electron chi connectivity index (χ1n) is 7.10. The van der Waals surface area contributed by atoms with E-state index in [-0.39, 0.29) is 17.7 Å². The minimum Gasteiger partial charge on any atom is -0.508 e. The fraction of sp³-hybridized carbons (Fsp3) is 0.353. The Kier molecular flexibility index (Phi) is 3.13. The van der Waals surface area contributed by atoms with Gasteiger partial charge in [0.1, 0.15) is 5.75 Å². The quantitative estimate of drug-likeness (QED) is 0.861. The fourth-order valence-electron chi connectivity index (χ4n) is 2.99. The van der Waals surface area contributed by atoms with Crippen LogP contribution in [0.15, 0.2) is 36.4 Å². The molecule has 1 aliphatic rings. The third kappa shape index (κ3) is 2.03. The first-order valence-corrected chi connectivity index (χ1v) is 7.10. The first-order chi connectivity index (χ1) is 9.58. The lowest BCUT2D eigenvalue weighted by molar-refractivity contribution is 0.0737. The number of amides is 1. The van der Waals surface area contributed by atoms with Crippen LogP contribution in [-0.2, 0) is 0 Å². The van der Waals surface area contributed by atoms with Gasteiger partial charge in [-0.15, -0.1) is 0 Å². The molecule has 104 valence electrons. The molecular formula is C17H19NO2. The summed E-state index contributed by atoms with van der Waals surface area (Å²) in [5.41, 5.74) is 0.725. The average molecular weight is 269 g/mol. The number of nitrogens with zero attached hydrogens (tertiary/aromatic N) is 1. The predicted molar refractivity (Wildman–Crippen MR) is 79.9 cm³/mol. The molecule has 3 nitrogen and oxygen atoms in total. The van der Waals surface area contributed by atoms with Crippen molar-refractivity contribution in [3.63, 3.8) is 0 Å². The van der Waals surface area contributed by atoms with E-state index in [9.17, 15) is 9.90 Å². The maximum atomic E-state index is 12.8. The number of phenolic OH excluding ortho intramolecular Hbond substituents is 1. The molecular weight excluding hydrogens is 250 g/mol. The molecule has 0 spiro atoms. The van der Waals surface area contributed by atoms with Crippen molar-refractivity contribution in [3.05, 3.63) is 42.0 Å². The molecule has 2 unspecified atom stereocenters. The summed E-state index contributed by atoms with van der Waals surface area (Å²) in [7, 11) is 0. The van der Waals surface area contributed by atoms with Crippen LogP contribution in [0.25, 0.3) is 10.8 Å². The Balaban J connectivity index is 2.04. The molecule has 1 amide bonds. The monoisotopic (exact) mass is 269 g/mol. The number of rotatable bonds is 1. The lowest BCUT2D eigenvalue weighted by Gasteiger charge is -2.24. The molecule has 2 atom stereocenters. The zero-order chi connectivity index (χ0) is 14.3. The van der Waals surface area contributed by atoms with Crippen molar-refractivity contribution >= 4 is 16.7 Å². The van der Waals surface area contributed by atoms with Crippen LogP contribution >= 0.6 is 0 Å². The molecule has 0 radical (unpaired) electrons. The van der Waals surface area contributed by atoms with E-state index < -0.39 is 0 Å². The summed E-state index contributed by atoms with van der Waals surface area (Å²) in [5.74, 6) is 0.876. The highest BCUT2D eigenvalue weighted by atomic mass is 16.3. The van der Waals surface area contributed by atoms with E-state index in [1.165, 1.54) is 0 Å². The van der Waals surface area contributed by atoms with Crippen molar-refractivity contribution in [3.8, 4) is 5.75 Å². The number of aromatic hydroxyl groups is 1. The summed E-state index contributed by atoms with van der Waals surface area (Å²) >= 11 is 0. The minimum atomic E-state index is 0.0955. The largest absolute Gasteiger partial charge is 0.508 e. The molecule has 2 aromatic rings. The Morgan fingerprint density at radius 2 is 2.05 bits per heavy atom. The molecule has 1 heterocycles. The van der Waals surface area contributed by atoms with Gasteiger partial charge < -0.3 is 10.0 Å². The third-order valence-corrected chi connectivity index (χ3v) is 4.50. The SMILES string of the molecule is CC1CCN(C(=O)c2cccc3cc(O)ccc23)C1C. The van der Waals surface area contributed by atoms with Crippen LogP contribution in [-0.4, -0.2) is 28.5 Å². The van der Waals surface area contributed by atoms with Gasteiger partial charge in [-0.05, 0) is 54.3 Å². The minimum absolute atomic E-state index is 0.0955. The second-order valence-corrected chi connectivity index (χ2v) is 5.72. The van der Waals surface area contributed by atoms with E-state index in [1.807, 2.05) is 29.2 Å². The smallest absolute Gasteiger partial charge is 0.254 e. The van der Waals surface area contributed by atoms with E-state index in [0.29, 0.717) is 5.92 Å². The molecule has 0 bridgehead atoms. The van der Waals surface area contributed by atoms with Gasteiger partial charge in [0.25, 0.3) is 5.91 Å². The number of carbonyl (C=O) groups excluding carboxylic acids is 1. The topological polar surface area (TPSA) is 40.5 Å². The van der Waals surface area contributed by atoms with E-state index >= 15 is 0 Å². The molecule has 1 fully saturated rings. The summed E-state index contributed by atoms with van der Waals surface area (Å²) in [6.45, 7) is 5.14. The molecule has 2 aromatic carbocycles. The molecule has 0 aliphatic carbocycles. The summed E-state index contributed by atoms with van der Waals surface area (Å²) in [4.78, 5) is 14.7. The zero-order valence-electron chi connectivity index (χ0n) is 11.8. The summed E-state index contributed by atoms with van der Waals surface area (Å²) in [6, 6.07) is 11.1. The van der Waals surface area contributed by atoms with Gasteiger partial charge >= 0.3 is 0 Å². The maximum absolute atomic E-state index is 12.8. The summed E-state index contributed by atoms with van der Waals surface area (Å²) in [5, 5.41) is 11.4. The van der Waals surface area contributed by atoms with Crippen LogP contribution < -0.4 is 0 Å². The number of hydrogen-bond donors (Lipinski definition) is 1. The molecule has 3 rings (SSSR count). The Hall–Kier alpha value is -2.03. The molecule has 20 heavy (non-hydrogen) atoms. The number of likely N-dealkylation sites (tertiary alicyclic amines) is 1. The summed E-state index contributed by atoms with van der Waals surface area (Å²) in [6.07, 6.45) is 1.07. The zero-order valence-corrected chi connectivity index (χ0v) is 11.8. The van der Waals surface area contributed by atoms with Crippen LogP contribution in [0.5, 0.6) is 5.75 Å². The van der Waals surface area contributed by atoms with Gasteiger partial charge in [0.05, 0.1) is 0 Å². The lowest BCUT2D eigenvalue weighted by atomic mass is 10.0. The normalized spacial score (nSPS) is 22.4. The maximum Gasteiger partial charge on any atom is 0.254 e. The molecule has 1 saturated heterocycles. The standard InChI is InChI=1S/C17H19NO2/c1-11-8-9-18(12(11)2)17(20)16-5-3-4-13-10-14(19)6-7-15(13)16/h3-7,10-12,19H,8-9H2,1-2H3. The van der Waals surface area contributed by atoms with Crippen molar-refractivity contribution in [2.45, 2.75) is 26.3 Å². The van der Waals surface area contributed by atoms with Gasteiger partial charge in [0.2, 0.25) is 0 Å². The number of carbonyl (C=O) groups is 1. The van der Waals surface area contributed by atoms with E-state index in [1.54, 1.807) is 12.1 Å². The van der Waals surface area contributed by atoms with E-state index in [4.69, 9.17) is 0 Å². The van der Waals surface area contributed by atoms with E-state index in [2.05, 4.69) is 13.8 Å². The Bertz CT molecular complexity index is 665. The molecule has 1 N–H and O–H groups in total. The third-order valence-electron chi connectivity index (χ3n) is 4.50. The second-order valence-electron chi connectivity index (χ2n) is 5.72. The number of fused-ring (bicyclic) bond motifs is 1. The predicted octanol–water partition coefficient (Wildman–Crippen LogP) is 3.42. The van der Waals surface area contributed by atoms with Crippen molar-refractivity contribution in [1.29, 1.82) is 0 Å². The van der Waals surface area contributed by atoms with E-state index in [0.717, 1.165) is 29.3 Å². The number of phenols is 1. The van der Waals surface area contributed by atoms with Gasteiger partial charge in [-0.25, -0.2) is 0 Å². The van der Waals surface area contributed by atoms with Gasteiger partial charge in [-0.1, -0.05) is 19.1 Å². The Morgan fingerprint density at radius 1 is 1.25 bits per heavy atom. The molecule has 1 aliphatic heterocycles. The van der Waals surface area contributed by atoms with Gasteiger partial charge in [0.15, 0.2) is 0 Å². The van der Waals surface area contributed by atoms with Crippen molar-refractivity contribution in [2.75, 3.05) is 6.54 Å². The van der Waals surface area contributed by atoms with Crippen LogP contribution in [0, 0.1) is 5.92 Å². The van der Waals surface area contributed by atoms with Crippen molar-refractivity contribution in [2.24, 2.45) is 5.92 Å². The summed E-state index contributed by atoms with van der Waals surface area (Å²) < 4.78 is 0. The van der Waals surface area contributed by atoms with Crippen molar-refractivity contribution < 1.29 is 9.90 Å². The molecule has 0 saturated carbocycles. The van der Waals surface area contributed by atoms with Crippen molar-refractivity contribution in [1.82, 2.24) is 4.90 Å². The Labute approximate surface area is 118 Å². The van der Waals surface area contributed by atoms with Crippen LogP contribution in [0.1, 0.15) is 30.6 Å². The van der Waals surface area contributed by atoms with Gasteiger partial charge in [-0.2, -0.15) is 0 Å². The van der Waals surface area contributed by atoms with Gasteiger partial charge in [0, 0.05) is 18.2 Å². The highest BCUT2D eigenvalue weighted by molar-refractivity contribution is 6.07. The molecule has 0 aromatic heterocycles. The number of benzene rings is 2. The van der Waals surface area contributed by atoms with Gasteiger partial charge in [-0.3, -0.25) is 4.79 Å². The Morgan fingerprint density at radius 3 is 2.75 bits per heavy atom. The highest BCUT2D eigenvalue weighted by Gasteiger charge is 2.31. The van der Waals surface area contributed by atoms with Crippen LogP contribution in [0.4, 0.5) is 0 Å². The average Bonchev–Trinajstić information content (AvgIpc) is 2.77. The highest BCUT2D eigenvalue weighted by Crippen LogP contribution is 2.28. The number of hydrogen-bond acceptors (Lipinski definition) is 2. The van der Waals surface area contributed by atoms with Crippen LogP contribution in [0.3, 0.4) is 0 Å².